The predicted molar refractivity (Wildman–Crippen MR) is 132 cm³/mol. The van der Waals surface area contributed by atoms with Gasteiger partial charge >= 0.3 is 0 Å². The van der Waals surface area contributed by atoms with Gasteiger partial charge in [0.2, 0.25) is 11.8 Å². The molecular weight excluding hydrogens is 454 g/mol. The molecule has 1 N–H and O–H groups in total. The number of nitrogens with zero attached hydrogens (tertiary/aromatic N) is 2. The quantitative estimate of drug-likeness (QED) is 0.494. The van der Waals surface area contributed by atoms with Gasteiger partial charge in [-0.2, -0.15) is 0 Å². The van der Waals surface area contributed by atoms with Crippen LogP contribution in [0.25, 0.3) is 10.9 Å². The maximum Gasteiger partial charge on any atom is 0.262 e. The zero-order valence-corrected chi connectivity index (χ0v) is 20.2. The van der Waals surface area contributed by atoms with Gasteiger partial charge in [0.1, 0.15) is 5.75 Å². The number of halogens is 1. The highest BCUT2D eigenvalue weighted by Gasteiger charge is 2.22. The number of benzene rings is 2. The van der Waals surface area contributed by atoms with E-state index in [1.165, 1.54) is 0 Å². The summed E-state index contributed by atoms with van der Waals surface area (Å²) in [6.45, 7) is 3.80. The molecular formula is C26H28ClN3O4. The highest BCUT2D eigenvalue weighted by Crippen LogP contribution is 2.31. The third-order valence-electron chi connectivity index (χ3n) is 6.27. The third-order valence-corrected chi connectivity index (χ3v) is 6.52. The Labute approximate surface area is 203 Å². The van der Waals surface area contributed by atoms with E-state index in [-0.39, 0.29) is 24.1 Å². The molecule has 1 aliphatic heterocycles. The number of nitrogens with one attached hydrogen (secondary N) is 1. The molecule has 4 rings (SSSR count). The molecule has 0 unspecified atom stereocenters. The average molecular weight is 482 g/mol. The number of carbonyl (C=O) groups is 3. The fourth-order valence-electron chi connectivity index (χ4n) is 4.46. The highest BCUT2D eigenvalue weighted by molar-refractivity contribution is 6.30. The molecule has 2 aromatic carbocycles. The van der Waals surface area contributed by atoms with Crippen molar-refractivity contribution >= 4 is 40.2 Å². The Morgan fingerprint density at radius 3 is 2.59 bits per heavy atom. The van der Waals surface area contributed by atoms with Crippen LogP contribution in [0.5, 0.6) is 5.75 Å². The summed E-state index contributed by atoms with van der Waals surface area (Å²) in [5.41, 5.74) is 2.71. The summed E-state index contributed by atoms with van der Waals surface area (Å²) in [5, 5.41) is 4.31. The lowest BCUT2D eigenvalue weighted by atomic mass is 10.1. The molecule has 1 saturated heterocycles. The summed E-state index contributed by atoms with van der Waals surface area (Å²) in [4.78, 5) is 39.7. The number of carbonyl (C=O) groups excluding carboxylic acids is 3. The lowest BCUT2D eigenvalue weighted by Gasteiger charge is -2.15. The van der Waals surface area contributed by atoms with E-state index in [9.17, 15) is 14.4 Å². The third kappa shape index (κ3) is 4.94. The minimum Gasteiger partial charge on any atom is -0.497 e. The second-order valence-corrected chi connectivity index (χ2v) is 8.90. The maximum absolute atomic E-state index is 13.4. The largest absolute Gasteiger partial charge is 0.497 e. The first-order valence-electron chi connectivity index (χ1n) is 11.4. The highest BCUT2D eigenvalue weighted by atomic mass is 35.5. The second kappa shape index (κ2) is 10.3. The van der Waals surface area contributed by atoms with Gasteiger partial charge < -0.3 is 15.0 Å². The van der Waals surface area contributed by atoms with E-state index >= 15 is 0 Å². The van der Waals surface area contributed by atoms with Gasteiger partial charge in [-0.25, -0.2) is 0 Å². The van der Waals surface area contributed by atoms with Gasteiger partial charge in [0, 0.05) is 47.7 Å². The number of rotatable bonds is 8. The Hall–Kier alpha value is -3.32. The molecule has 0 aliphatic carbocycles. The van der Waals surface area contributed by atoms with Gasteiger partial charge in [0.15, 0.2) is 0 Å². The van der Waals surface area contributed by atoms with Gasteiger partial charge in [-0.15, -0.1) is 0 Å². The summed E-state index contributed by atoms with van der Waals surface area (Å²) in [5.74, 6) is 0.525. The number of methoxy groups -OCH3 is 1. The van der Waals surface area contributed by atoms with Crippen molar-refractivity contribution in [2.75, 3.05) is 26.7 Å². The summed E-state index contributed by atoms with van der Waals surface area (Å²) >= 11 is 5.98. The summed E-state index contributed by atoms with van der Waals surface area (Å²) in [7, 11) is 1.58. The van der Waals surface area contributed by atoms with Crippen LogP contribution in [0, 0.1) is 6.92 Å². The first-order valence-corrected chi connectivity index (χ1v) is 11.8. The van der Waals surface area contributed by atoms with Crippen molar-refractivity contribution < 1.29 is 19.1 Å². The van der Waals surface area contributed by atoms with Crippen LogP contribution >= 0.6 is 11.6 Å². The van der Waals surface area contributed by atoms with Crippen LogP contribution in [0.15, 0.2) is 42.5 Å². The van der Waals surface area contributed by atoms with E-state index < -0.39 is 0 Å². The van der Waals surface area contributed by atoms with Crippen LogP contribution in [0.2, 0.25) is 5.02 Å². The standard InChI is InChI=1S/C26H28ClN3O4/c1-17-21(16-24(31)28-12-4-14-29-13-3-5-25(29)32)22-15-20(34-2)10-11-23(22)30(17)26(33)18-6-8-19(27)9-7-18/h6-11,15H,3-5,12-14,16H2,1-2H3,(H,28,31). The zero-order valence-electron chi connectivity index (χ0n) is 19.4. The Morgan fingerprint density at radius 1 is 1.15 bits per heavy atom. The van der Waals surface area contributed by atoms with Crippen LogP contribution < -0.4 is 10.1 Å². The smallest absolute Gasteiger partial charge is 0.262 e. The van der Waals surface area contributed by atoms with Crippen LogP contribution in [0.1, 0.15) is 40.9 Å². The number of hydrogen-bond donors (Lipinski definition) is 1. The molecule has 3 aromatic rings. The molecule has 2 amide bonds. The van der Waals surface area contributed by atoms with Crippen LogP contribution in [-0.2, 0) is 16.0 Å². The number of likely N-dealkylation sites (tertiary alicyclic amines) is 1. The summed E-state index contributed by atoms with van der Waals surface area (Å²) in [6, 6.07) is 12.2. The first kappa shape index (κ1) is 23.8. The Morgan fingerprint density at radius 2 is 1.91 bits per heavy atom. The minimum absolute atomic E-state index is 0.128. The van der Waals surface area contributed by atoms with E-state index in [1.807, 2.05) is 24.0 Å². The summed E-state index contributed by atoms with van der Waals surface area (Å²) in [6.07, 6.45) is 2.38. The Bertz CT molecular complexity index is 1230. The van der Waals surface area contributed by atoms with E-state index in [0.29, 0.717) is 53.5 Å². The molecule has 0 radical (unpaired) electrons. The van der Waals surface area contributed by atoms with Gasteiger partial charge in [-0.1, -0.05) is 11.6 Å². The molecule has 2 heterocycles. The lowest BCUT2D eigenvalue weighted by molar-refractivity contribution is -0.127. The molecule has 1 fully saturated rings. The SMILES string of the molecule is COc1ccc2c(c1)c(CC(=O)NCCCN1CCCC1=O)c(C)n2C(=O)c1ccc(Cl)cc1. The van der Waals surface area contributed by atoms with E-state index in [0.717, 1.165) is 23.9 Å². The van der Waals surface area contributed by atoms with Crippen molar-refractivity contribution in [2.45, 2.75) is 32.6 Å². The fraction of sp³-hybridized carbons (Fsp3) is 0.346. The average Bonchev–Trinajstić information content (AvgIpc) is 3.36. The summed E-state index contributed by atoms with van der Waals surface area (Å²) < 4.78 is 7.02. The molecule has 7 nitrogen and oxygen atoms in total. The zero-order chi connectivity index (χ0) is 24.2. The molecule has 1 aromatic heterocycles. The molecule has 8 heteroatoms. The molecule has 1 aliphatic rings. The number of fused-ring (bicyclic) bond motifs is 1. The molecule has 0 atom stereocenters. The van der Waals surface area contributed by atoms with Crippen molar-refractivity contribution in [3.05, 3.63) is 64.3 Å². The Kier molecular flexibility index (Phi) is 7.22. The normalized spacial score (nSPS) is 13.5. The van der Waals surface area contributed by atoms with E-state index in [4.69, 9.17) is 16.3 Å². The number of ether oxygens (including phenoxy) is 1. The molecule has 0 bridgehead atoms. The van der Waals surface area contributed by atoms with Crippen molar-refractivity contribution in [2.24, 2.45) is 0 Å². The van der Waals surface area contributed by atoms with Crippen LogP contribution in [0.4, 0.5) is 0 Å². The maximum atomic E-state index is 13.4. The van der Waals surface area contributed by atoms with Gasteiger partial charge in [0.05, 0.1) is 19.0 Å². The minimum atomic E-state index is -0.189. The van der Waals surface area contributed by atoms with Gasteiger partial charge in [-0.3, -0.25) is 19.0 Å². The number of aromatic nitrogens is 1. The van der Waals surface area contributed by atoms with Crippen molar-refractivity contribution in [3.63, 3.8) is 0 Å². The molecule has 178 valence electrons. The van der Waals surface area contributed by atoms with Gasteiger partial charge in [-0.05, 0) is 67.8 Å². The van der Waals surface area contributed by atoms with Crippen molar-refractivity contribution in [3.8, 4) is 5.75 Å². The topological polar surface area (TPSA) is 80.6 Å². The number of hydrogen-bond acceptors (Lipinski definition) is 4. The van der Waals surface area contributed by atoms with Crippen LogP contribution in [0.3, 0.4) is 0 Å². The van der Waals surface area contributed by atoms with E-state index in [1.54, 1.807) is 42.0 Å². The number of amides is 2. The van der Waals surface area contributed by atoms with Crippen molar-refractivity contribution in [1.82, 2.24) is 14.8 Å². The molecule has 0 saturated carbocycles. The molecule has 34 heavy (non-hydrogen) atoms. The van der Waals surface area contributed by atoms with E-state index in [2.05, 4.69) is 5.32 Å². The predicted octanol–water partition coefficient (Wildman–Crippen LogP) is 3.97. The Balaban J connectivity index is 1.54. The van der Waals surface area contributed by atoms with Crippen molar-refractivity contribution in [1.29, 1.82) is 0 Å². The second-order valence-electron chi connectivity index (χ2n) is 8.46. The van der Waals surface area contributed by atoms with Gasteiger partial charge in [0.25, 0.3) is 5.91 Å². The lowest BCUT2D eigenvalue weighted by Crippen LogP contribution is -2.31. The first-order chi connectivity index (χ1) is 16.4. The van der Waals surface area contributed by atoms with Crippen LogP contribution in [-0.4, -0.2) is 53.9 Å². The molecule has 0 spiro atoms. The fourth-order valence-corrected chi connectivity index (χ4v) is 4.58. The monoisotopic (exact) mass is 481 g/mol.